The second-order valence-electron chi connectivity index (χ2n) is 5.84. The average molecular weight is 316 g/mol. The number of amides is 1. The van der Waals surface area contributed by atoms with Crippen LogP contribution in [-0.2, 0) is 17.8 Å². The second kappa shape index (κ2) is 7.55. The number of aryl methyl sites for hydroxylation is 1. The summed E-state index contributed by atoms with van der Waals surface area (Å²) < 4.78 is 0. The van der Waals surface area contributed by atoms with Crippen molar-refractivity contribution in [3.05, 3.63) is 89.7 Å². The third-order valence-electron chi connectivity index (χ3n) is 3.91. The summed E-state index contributed by atoms with van der Waals surface area (Å²) in [7, 11) is 0. The number of carbonyl (C=O) groups excluding carboxylic acids is 1. The van der Waals surface area contributed by atoms with Crippen LogP contribution < -0.4 is 5.32 Å². The van der Waals surface area contributed by atoms with Crippen molar-refractivity contribution < 1.29 is 4.79 Å². The quantitative estimate of drug-likeness (QED) is 0.775. The highest BCUT2D eigenvalue weighted by molar-refractivity contribution is 5.79. The number of benzene rings is 2. The second-order valence-corrected chi connectivity index (χ2v) is 5.84. The average Bonchev–Trinajstić information content (AvgIpc) is 2.61. The molecule has 24 heavy (non-hydrogen) atoms. The van der Waals surface area contributed by atoms with Crippen molar-refractivity contribution >= 4 is 5.91 Å². The molecule has 1 aromatic heterocycles. The monoisotopic (exact) mass is 316 g/mol. The SMILES string of the molecule is Cc1cccc(CC(=O)NCc2ccccc2-c2cccnc2)c1. The number of nitrogens with one attached hydrogen (secondary N) is 1. The van der Waals surface area contributed by atoms with E-state index in [0.29, 0.717) is 13.0 Å². The van der Waals surface area contributed by atoms with Crippen LogP contribution in [0.2, 0.25) is 0 Å². The summed E-state index contributed by atoms with van der Waals surface area (Å²) >= 11 is 0. The van der Waals surface area contributed by atoms with Gasteiger partial charge in [0.15, 0.2) is 0 Å². The fourth-order valence-electron chi connectivity index (χ4n) is 2.74. The molecule has 0 fully saturated rings. The number of hydrogen-bond donors (Lipinski definition) is 1. The Labute approximate surface area is 142 Å². The highest BCUT2D eigenvalue weighted by Gasteiger charge is 2.07. The molecule has 3 nitrogen and oxygen atoms in total. The van der Waals surface area contributed by atoms with Gasteiger partial charge < -0.3 is 5.32 Å². The van der Waals surface area contributed by atoms with E-state index >= 15 is 0 Å². The topological polar surface area (TPSA) is 42.0 Å². The molecule has 1 N–H and O–H groups in total. The van der Waals surface area contributed by atoms with Crippen LogP contribution in [0.4, 0.5) is 0 Å². The van der Waals surface area contributed by atoms with Crippen LogP contribution in [-0.4, -0.2) is 10.9 Å². The molecule has 0 radical (unpaired) electrons. The summed E-state index contributed by atoms with van der Waals surface area (Å²) in [6.07, 6.45) is 4.00. The number of nitrogens with zero attached hydrogens (tertiary/aromatic N) is 1. The zero-order chi connectivity index (χ0) is 16.8. The highest BCUT2D eigenvalue weighted by atomic mass is 16.1. The van der Waals surface area contributed by atoms with Crippen molar-refractivity contribution in [1.82, 2.24) is 10.3 Å². The van der Waals surface area contributed by atoms with Gasteiger partial charge in [-0.1, -0.05) is 60.2 Å². The molecule has 0 unspecified atom stereocenters. The summed E-state index contributed by atoms with van der Waals surface area (Å²) in [6.45, 7) is 2.54. The van der Waals surface area contributed by atoms with Crippen molar-refractivity contribution in [2.24, 2.45) is 0 Å². The molecule has 0 saturated carbocycles. The number of pyridine rings is 1. The van der Waals surface area contributed by atoms with Crippen molar-refractivity contribution in [3.8, 4) is 11.1 Å². The van der Waals surface area contributed by atoms with E-state index in [1.54, 1.807) is 6.20 Å². The predicted octanol–water partition coefficient (Wildman–Crippen LogP) is 3.92. The first-order valence-electron chi connectivity index (χ1n) is 8.03. The van der Waals surface area contributed by atoms with Crippen LogP contribution in [0.3, 0.4) is 0 Å². The van der Waals surface area contributed by atoms with Gasteiger partial charge in [0, 0.05) is 24.5 Å². The predicted molar refractivity (Wildman–Crippen MR) is 96.4 cm³/mol. The molecule has 120 valence electrons. The minimum atomic E-state index is 0.0292. The van der Waals surface area contributed by atoms with E-state index in [0.717, 1.165) is 22.3 Å². The van der Waals surface area contributed by atoms with Crippen LogP contribution >= 0.6 is 0 Å². The van der Waals surface area contributed by atoms with E-state index < -0.39 is 0 Å². The van der Waals surface area contributed by atoms with Gasteiger partial charge in [0.25, 0.3) is 0 Å². The van der Waals surface area contributed by atoms with Crippen molar-refractivity contribution in [1.29, 1.82) is 0 Å². The van der Waals surface area contributed by atoms with Crippen molar-refractivity contribution in [2.45, 2.75) is 19.9 Å². The molecule has 0 aliphatic heterocycles. The maximum Gasteiger partial charge on any atom is 0.224 e. The van der Waals surface area contributed by atoms with Gasteiger partial charge in [0.05, 0.1) is 6.42 Å². The standard InChI is InChI=1S/C21H20N2O/c1-16-6-4-7-17(12-16)13-21(24)23-15-19-8-2-3-10-20(19)18-9-5-11-22-14-18/h2-12,14H,13,15H2,1H3,(H,23,24). The summed E-state index contributed by atoms with van der Waals surface area (Å²) in [6, 6.07) is 20.1. The Hall–Kier alpha value is -2.94. The molecule has 0 bridgehead atoms. The number of carbonyl (C=O) groups is 1. The van der Waals surface area contributed by atoms with Gasteiger partial charge in [-0.05, 0) is 29.7 Å². The number of hydrogen-bond acceptors (Lipinski definition) is 2. The molecule has 0 saturated heterocycles. The minimum absolute atomic E-state index is 0.0292. The van der Waals surface area contributed by atoms with E-state index in [1.165, 1.54) is 5.56 Å². The summed E-state index contributed by atoms with van der Waals surface area (Å²) in [5, 5.41) is 3.02. The van der Waals surface area contributed by atoms with Crippen LogP contribution in [0.25, 0.3) is 11.1 Å². The Balaban J connectivity index is 1.68. The highest BCUT2D eigenvalue weighted by Crippen LogP contribution is 2.22. The lowest BCUT2D eigenvalue weighted by molar-refractivity contribution is -0.120. The molecule has 0 aliphatic carbocycles. The third-order valence-corrected chi connectivity index (χ3v) is 3.91. The molecule has 0 spiro atoms. The molecule has 3 rings (SSSR count). The maximum absolute atomic E-state index is 12.2. The summed E-state index contributed by atoms with van der Waals surface area (Å²) in [4.78, 5) is 16.4. The normalized spacial score (nSPS) is 10.4. The van der Waals surface area contributed by atoms with Gasteiger partial charge in [0.2, 0.25) is 5.91 Å². The fourth-order valence-corrected chi connectivity index (χ4v) is 2.74. The molecular weight excluding hydrogens is 296 g/mol. The molecule has 3 aromatic rings. The summed E-state index contributed by atoms with van der Waals surface area (Å²) in [5.74, 6) is 0.0292. The van der Waals surface area contributed by atoms with E-state index in [1.807, 2.05) is 67.7 Å². The summed E-state index contributed by atoms with van der Waals surface area (Å²) in [5.41, 5.74) is 5.45. The third kappa shape index (κ3) is 4.07. The molecule has 0 atom stereocenters. The molecule has 3 heteroatoms. The zero-order valence-electron chi connectivity index (χ0n) is 13.7. The fraction of sp³-hybridized carbons (Fsp3) is 0.143. The van der Waals surface area contributed by atoms with Crippen LogP contribution in [0.1, 0.15) is 16.7 Å². The smallest absolute Gasteiger partial charge is 0.224 e. The Morgan fingerprint density at radius 2 is 1.92 bits per heavy atom. The lowest BCUT2D eigenvalue weighted by Gasteiger charge is -2.11. The van der Waals surface area contributed by atoms with Gasteiger partial charge in [-0.3, -0.25) is 9.78 Å². The van der Waals surface area contributed by atoms with Gasteiger partial charge >= 0.3 is 0 Å². The van der Waals surface area contributed by atoms with Gasteiger partial charge in [-0.25, -0.2) is 0 Å². The zero-order valence-corrected chi connectivity index (χ0v) is 13.7. The molecule has 0 aliphatic rings. The van der Waals surface area contributed by atoms with Crippen LogP contribution in [0, 0.1) is 6.92 Å². The van der Waals surface area contributed by atoms with E-state index in [4.69, 9.17) is 0 Å². The molecule has 2 aromatic carbocycles. The molecular formula is C21H20N2O. The Morgan fingerprint density at radius 3 is 2.71 bits per heavy atom. The lowest BCUT2D eigenvalue weighted by Crippen LogP contribution is -2.24. The van der Waals surface area contributed by atoms with Gasteiger partial charge in [0.1, 0.15) is 0 Å². The molecule has 1 amide bonds. The van der Waals surface area contributed by atoms with Crippen LogP contribution in [0.15, 0.2) is 73.1 Å². The van der Waals surface area contributed by atoms with E-state index in [-0.39, 0.29) is 5.91 Å². The van der Waals surface area contributed by atoms with Crippen molar-refractivity contribution in [3.63, 3.8) is 0 Å². The van der Waals surface area contributed by atoms with Crippen LogP contribution in [0.5, 0.6) is 0 Å². The van der Waals surface area contributed by atoms with Gasteiger partial charge in [-0.15, -0.1) is 0 Å². The first-order chi connectivity index (χ1) is 11.7. The van der Waals surface area contributed by atoms with Gasteiger partial charge in [-0.2, -0.15) is 0 Å². The van der Waals surface area contributed by atoms with E-state index in [2.05, 4.69) is 16.4 Å². The molecule has 1 heterocycles. The Morgan fingerprint density at radius 1 is 1.04 bits per heavy atom. The lowest BCUT2D eigenvalue weighted by atomic mass is 10.0. The Bertz CT molecular complexity index is 828. The Kier molecular flexibility index (Phi) is 5.02. The maximum atomic E-state index is 12.2. The number of rotatable bonds is 5. The number of aromatic nitrogens is 1. The first-order valence-corrected chi connectivity index (χ1v) is 8.03. The van der Waals surface area contributed by atoms with Crippen molar-refractivity contribution in [2.75, 3.05) is 0 Å². The first kappa shape index (κ1) is 15.9. The van der Waals surface area contributed by atoms with E-state index in [9.17, 15) is 4.79 Å². The minimum Gasteiger partial charge on any atom is -0.352 e. The largest absolute Gasteiger partial charge is 0.352 e.